The van der Waals surface area contributed by atoms with Gasteiger partial charge in [-0.2, -0.15) is 13.2 Å². The van der Waals surface area contributed by atoms with Gasteiger partial charge < -0.3 is 10.0 Å². The minimum absolute atomic E-state index is 0.175. The topological polar surface area (TPSA) is 35.5 Å². The van der Waals surface area contributed by atoms with Crippen molar-refractivity contribution in [3.8, 4) is 0 Å². The van der Waals surface area contributed by atoms with E-state index in [-0.39, 0.29) is 6.04 Å². The number of nitrogens with one attached hydrogen (secondary N) is 1. The monoisotopic (exact) mass is 494 g/mol. The van der Waals surface area contributed by atoms with E-state index < -0.39 is 29.6 Å². The largest absolute Gasteiger partial charge is 0.416 e. The van der Waals surface area contributed by atoms with Crippen LogP contribution in [-0.2, 0) is 6.18 Å². The average molecular weight is 495 g/mol. The van der Waals surface area contributed by atoms with E-state index in [4.69, 9.17) is 0 Å². The second kappa shape index (κ2) is 11.2. The number of rotatable bonds is 7. The number of nitrogens with zero attached hydrogens (tertiary/aromatic N) is 1. The summed E-state index contributed by atoms with van der Waals surface area (Å²) < 4.78 is 64.9. The Kier molecular flexibility index (Phi) is 8.24. The minimum Gasteiger partial charge on any atom is -0.375 e. The molecule has 2 aromatic carbocycles. The Labute approximate surface area is 202 Å². The molecule has 4 rings (SSSR count). The van der Waals surface area contributed by atoms with E-state index in [0.717, 1.165) is 63.4 Å². The van der Waals surface area contributed by atoms with Gasteiger partial charge >= 0.3 is 6.18 Å². The molecular weight excluding hydrogens is 463 g/mol. The Bertz CT molecular complexity index is 979. The van der Waals surface area contributed by atoms with Crippen LogP contribution >= 0.6 is 0 Å². The zero-order valence-corrected chi connectivity index (χ0v) is 19.4. The molecule has 8 heteroatoms. The zero-order chi connectivity index (χ0) is 25.0. The van der Waals surface area contributed by atoms with E-state index in [1.165, 1.54) is 36.4 Å². The van der Waals surface area contributed by atoms with Crippen LogP contribution in [0, 0.1) is 17.6 Å². The van der Waals surface area contributed by atoms with Gasteiger partial charge in [0.05, 0.1) is 5.56 Å². The number of aliphatic hydroxyl groups excluding tert-OH is 1. The third-order valence-corrected chi connectivity index (χ3v) is 7.12. The zero-order valence-electron chi connectivity index (χ0n) is 19.4. The van der Waals surface area contributed by atoms with Crippen LogP contribution in [0.1, 0.15) is 54.7 Å². The molecule has 190 valence electrons. The van der Waals surface area contributed by atoms with Crippen molar-refractivity contribution in [3.63, 3.8) is 0 Å². The van der Waals surface area contributed by atoms with Crippen LogP contribution in [0.15, 0.2) is 48.5 Å². The highest BCUT2D eigenvalue weighted by Gasteiger charge is 2.31. The number of hydrogen-bond acceptors (Lipinski definition) is 3. The molecule has 35 heavy (non-hydrogen) atoms. The van der Waals surface area contributed by atoms with Crippen molar-refractivity contribution in [1.29, 1.82) is 0 Å². The molecule has 1 saturated carbocycles. The number of aliphatic hydroxyl groups is 1. The predicted molar refractivity (Wildman–Crippen MR) is 126 cm³/mol. The van der Waals surface area contributed by atoms with E-state index in [2.05, 4.69) is 10.2 Å². The Morgan fingerprint density at radius 1 is 0.971 bits per heavy atom. The van der Waals surface area contributed by atoms with Crippen molar-refractivity contribution in [1.82, 2.24) is 10.2 Å². The summed E-state index contributed by atoms with van der Waals surface area (Å²) in [5.74, 6) is -0.508. The van der Waals surface area contributed by atoms with Gasteiger partial charge in [-0.15, -0.1) is 0 Å². The molecule has 0 aromatic heterocycles. The third kappa shape index (κ3) is 7.35. The van der Waals surface area contributed by atoms with Crippen molar-refractivity contribution in [2.24, 2.45) is 5.92 Å². The van der Waals surface area contributed by atoms with E-state index in [0.29, 0.717) is 17.4 Å². The lowest BCUT2D eigenvalue weighted by Crippen LogP contribution is -2.38. The molecule has 0 bridgehead atoms. The lowest BCUT2D eigenvalue weighted by atomic mass is 9.88. The van der Waals surface area contributed by atoms with Gasteiger partial charge in [0.2, 0.25) is 0 Å². The van der Waals surface area contributed by atoms with E-state index in [1.54, 1.807) is 12.1 Å². The maximum atomic E-state index is 13.3. The maximum Gasteiger partial charge on any atom is 0.416 e. The molecule has 3 atom stereocenters. The van der Waals surface area contributed by atoms with Crippen LogP contribution in [0.4, 0.5) is 22.0 Å². The number of alkyl halides is 3. The SMILES string of the molecule is OC(/C=C/c1cc(F)cc(F)c1)N[C@H]1CC[C@@H](CN2CCC(c3ccc(C(F)(F)F)cc3)CC2)C1. The normalized spacial score (nSPS) is 23.3. The quantitative estimate of drug-likeness (QED) is 0.369. The lowest BCUT2D eigenvalue weighted by Gasteiger charge is -2.34. The Hall–Kier alpha value is -2.29. The highest BCUT2D eigenvalue weighted by Crippen LogP contribution is 2.34. The molecule has 1 aliphatic heterocycles. The first-order chi connectivity index (χ1) is 16.7. The minimum atomic E-state index is -4.30. The van der Waals surface area contributed by atoms with Crippen LogP contribution in [0.25, 0.3) is 6.08 Å². The fourth-order valence-corrected chi connectivity index (χ4v) is 5.32. The second-order valence-electron chi connectivity index (χ2n) is 9.74. The fourth-order valence-electron chi connectivity index (χ4n) is 5.32. The highest BCUT2D eigenvalue weighted by atomic mass is 19.4. The molecular formula is C27H31F5N2O. The first kappa shape index (κ1) is 25.8. The Balaban J connectivity index is 1.19. The number of likely N-dealkylation sites (tertiary alicyclic amines) is 1. The predicted octanol–water partition coefficient (Wildman–Crippen LogP) is 5.95. The summed E-state index contributed by atoms with van der Waals surface area (Å²) in [6, 6.07) is 8.97. The van der Waals surface area contributed by atoms with E-state index >= 15 is 0 Å². The van der Waals surface area contributed by atoms with Gasteiger partial charge in [0.25, 0.3) is 0 Å². The lowest BCUT2D eigenvalue weighted by molar-refractivity contribution is -0.137. The van der Waals surface area contributed by atoms with Crippen molar-refractivity contribution in [2.45, 2.75) is 56.5 Å². The van der Waals surface area contributed by atoms with Crippen LogP contribution in [0.2, 0.25) is 0 Å². The molecule has 2 aromatic rings. The summed E-state index contributed by atoms with van der Waals surface area (Å²) >= 11 is 0. The standard InChI is InChI=1S/C27H31F5N2O/c28-23-13-18(14-24(29)16-23)2-8-26(35)33-25-7-1-19(15-25)17-34-11-9-21(10-12-34)20-3-5-22(6-4-20)27(30,31)32/h2-6,8,13-14,16,19,21,25-26,33,35H,1,7,9-12,15,17H2/b8-2+/t19-,25+,26?/m1/s1. The first-order valence-electron chi connectivity index (χ1n) is 12.1. The second-order valence-corrected chi connectivity index (χ2v) is 9.74. The van der Waals surface area contributed by atoms with E-state index in [9.17, 15) is 27.1 Å². The molecule has 0 radical (unpaired) electrons. The van der Waals surface area contributed by atoms with Gasteiger partial charge in [0, 0.05) is 18.7 Å². The van der Waals surface area contributed by atoms with Gasteiger partial charge in [0.15, 0.2) is 0 Å². The number of halogens is 5. The van der Waals surface area contributed by atoms with Crippen molar-refractivity contribution in [2.75, 3.05) is 19.6 Å². The summed E-state index contributed by atoms with van der Waals surface area (Å²) in [6.07, 6.45) is 2.61. The van der Waals surface area contributed by atoms with Crippen LogP contribution in [0.3, 0.4) is 0 Å². The van der Waals surface area contributed by atoms with Gasteiger partial charge in [-0.25, -0.2) is 8.78 Å². The summed E-state index contributed by atoms with van der Waals surface area (Å²) in [5.41, 5.74) is 0.727. The third-order valence-electron chi connectivity index (χ3n) is 7.12. The molecule has 3 nitrogen and oxygen atoms in total. The average Bonchev–Trinajstić information content (AvgIpc) is 3.23. The molecule has 1 heterocycles. The summed E-state index contributed by atoms with van der Waals surface area (Å²) in [4.78, 5) is 2.43. The van der Waals surface area contributed by atoms with Gasteiger partial charge in [-0.05, 0) is 98.5 Å². The van der Waals surface area contributed by atoms with Gasteiger partial charge in [-0.1, -0.05) is 18.2 Å². The van der Waals surface area contributed by atoms with Crippen molar-refractivity contribution >= 4 is 6.08 Å². The Morgan fingerprint density at radius 2 is 1.63 bits per heavy atom. The van der Waals surface area contributed by atoms with Gasteiger partial charge in [0.1, 0.15) is 17.9 Å². The highest BCUT2D eigenvalue weighted by molar-refractivity contribution is 5.49. The number of benzene rings is 2. The molecule has 1 aliphatic carbocycles. The maximum absolute atomic E-state index is 13.3. The van der Waals surface area contributed by atoms with Crippen molar-refractivity contribution < 1.29 is 27.1 Å². The molecule has 2 aliphatic rings. The van der Waals surface area contributed by atoms with Crippen LogP contribution < -0.4 is 5.32 Å². The van der Waals surface area contributed by atoms with Gasteiger partial charge in [-0.3, -0.25) is 5.32 Å². The van der Waals surface area contributed by atoms with E-state index in [1.807, 2.05) is 0 Å². The molecule has 2 fully saturated rings. The van der Waals surface area contributed by atoms with Crippen LogP contribution in [0.5, 0.6) is 0 Å². The fraction of sp³-hybridized carbons (Fsp3) is 0.481. The molecule has 1 unspecified atom stereocenters. The van der Waals surface area contributed by atoms with Crippen LogP contribution in [-0.4, -0.2) is 41.9 Å². The Morgan fingerprint density at radius 3 is 2.26 bits per heavy atom. The smallest absolute Gasteiger partial charge is 0.375 e. The summed E-state index contributed by atoms with van der Waals surface area (Å²) in [6.45, 7) is 2.83. The molecule has 2 N–H and O–H groups in total. The molecule has 1 saturated heterocycles. The molecule has 0 spiro atoms. The number of hydrogen-bond donors (Lipinski definition) is 2. The molecule has 0 amide bonds. The summed E-state index contributed by atoms with van der Waals surface area (Å²) in [5, 5.41) is 13.4. The van der Waals surface area contributed by atoms with Crippen molar-refractivity contribution in [3.05, 3.63) is 76.9 Å². The number of piperidine rings is 1. The first-order valence-corrected chi connectivity index (χ1v) is 12.1. The summed E-state index contributed by atoms with van der Waals surface area (Å²) in [7, 11) is 0.